The minimum absolute atomic E-state index is 0.362. The maximum absolute atomic E-state index is 11.5. The van der Waals surface area contributed by atoms with Crippen LogP contribution >= 0.6 is 0 Å². The molecule has 0 amide bonds. The average Bonchev–Trinajstić information content (AvgIpc) is 2.26. The Labute approximate surface area is 93.3 Å². The summed E-state index contributed by atoms with van der Waals surface area (Å²) in [5.41, 5.74) is 0.728. The van der Waals surface area contributed by atoms with Crippen LogP contribution in [0.15, 0.2) is 12.3 Å². The number of hydrogen-bond acceptors (Lipinski definition) is 5. The minimum Gasteiger partial charge on any atom is -0.465 e. The van der Waals surface area contributed by atoms with Crippen LogP contribution in [0.4, 0.5) is 5.82 Å². The number of carbonyl (C=O) groups excluding carboxylic acids is 1. The fourth-order valence-corrected chi connectivity index (χ4v) is 1.56. The Morgan fingerprint density at radius 1 is 1.62 bits per heavy atom. The van der Waals surface area contributed by atoms with Gasteiger partial charge in [-0.3, -0.25) is 0 Å². The molecule has 1 aliphatic rings. The van der Waals surface area contributed by atoms with Gasteiger partial charge in [0.25, 0.3) is 0 Å². The Morgan fingerprint density at radius 3 is 2.88 bits per heavy atom. The number of hydrogen-bond donors (Lipinski definition) is 0. The van der Waals surface area contributed by atoms with E-state index in [0.717, 1.165) is 19.5 Å². The topological polar surface area (TPSA) is 66.2 Å². The standard InChI is InChI=1S/C11H11N3O2/c1-16-11(15)9-5-8(6-12)7-13-10(9)14-3-2-4-14/h5,7H,2-4H2,1H3. The maximum atomic E-state index is 11.5. The van der Waals surface area contributed by atoms with Gasteiger partial charge in [0.1, 0.15) is 17.5 Å². The molecule has 0 radical (unpaired) electrons. The molecule has 0 aliphatic carbocycles. The highest BCUT2D eigenvalue weighted by molar-refractivity contribution is 5.95. The van der Waals surface area contributed by atoms with E-state index in [1.54, 1.807) is 0 Å². The highest BCUT2D eigenvalue weighted by Crippen LogP contribution is 2.23. The molecule has 1 aliphatic heterocycles. The minimum atomic E-state index is -0.452. The molecule has 1 aromatic heterocycles. The van der Waals surface area contributed by atoms with Crippen molar-refractivity contribution in [1.82, 2.24) is 4.98 Å². The second-order valence-electron chi connectivity index (χ2n) is 3.54. The van der Waals surface area contributed by atoms with Gasteiger partial charge in [-0.25, -0.2) is 9.78 Å². The molecule has 0 spiro atoms. The molecule has 1 fully saturated rings. The summed E-state index contributed by atoms with van der Waals surface area (Å²) >= 11 is 0. The largest absolute Gasteiger partial charge is 0.465 e. The molecule has 82 valence electrons. The van der Waals surface area contributed by atoms with Gasteiger partial charge in [0.05, 0.1) is 12.7 Å². The van der Waals surface area contributed by atoms with Crippen molar-refractivity contribution in [2.75, 3.05) is 25.1 Å². The number of carbonyl (C=O) groups is 1. The number of methoxy groups -OCH3 is 1. The van der Waals surface area contributed by atoms with Gasteiger partial charge < -0.3 is 9.64 Å². The van der Waals surface area contributed by atoms with Crippen molar-refractivity contribution in [3.8, 4) is 6.07 Å². The predicted molar refractivity (Wildman–Crippen MR) is 57.1 cm³/mol. The van der Waals surface area contributed by atoms with Crippen molar-refractivity contribution in [2.45, 2.75) is 6.42 Å². The van der Waals surface area contributed by atoms with E-state index < -0.39 is 5.97 Å². The monoisotopic (exact) mass is 217 g/mol. The lowest BCUT2D eigenvalue weighted by atomic mass is 10.1. The fraction of sp³-hybridized carbons (Fsp3) is 0.364. The first-order valence-electron chi connectivity index (χ1n) is 4.99. The Kier molecular flexibility index (Phi) is 2.73. The lowest BCUT2D eigenvalue weighted by Crippen LogP contribution is -2.38. The Morgan fingerprint density at radius 2 is 2.38 bits per heavy atom. The summed E-state index contributed by atoms with van der Waals surface area (Å²) in [6, 6.07) is 3.48. The van der Waals surface area contributed by atoms with Crippen LogP contribution in [0, 0.1) is 11.3 Å². The zero-order chi connectivity index (χ0) is 11.5. The summed E-state index contributed by atoms with van der Waals surface area (Å²) in [4.78, 5) is 17.7. The van der Waals surface area contributed by atoms with Gasteiger partial charge in [-0.1, -0.05) is 0 Å². The molecule has 0 N–H and O–H groups in total. The summed E-state index contributed by atoms with van der Waals surface area (Å²) in [7, 11) is 1.32. The van der Waals surface area contributed by atoms with E-state index >= 15 is 0 Å². The number of aromatic nitrogens is 1. The number of nitrogens with zero attached hydrogens (tertiary/aromatic N) is 3. The van der Waals surface area contributed by atoms with E-state index in [-0.39, 0.29) is 0 Å². The highest BCUT2D eigenvalue weighted by Gasteiger charge is 2.23. The van der Waals surface area contributed by atoms with E-state index in [2.05, 4.69) is 9.72 Å². The molecule has 2 heterocycles. The molecule has 2 rings (SSSR count). The number of esters is 1. The van der Waals surface area contributed by atoms with Crippen molar-refractivity contribution in [1.29, 1.82) is 5.26 Å². The highest BCUT2D eigenvalue weighted by atomic mass is 16.5. The maximum Gasteiger partial charge on any atom is 0.341 e. The van der Waals surface area contributed by atoms with Crippen LogP contribution in [0.5, 0.6) is 0 Å². The van der Waals surface area contributed by atoms with E-state index in [9.17, 15) is 4.79 Å². The fourth-order valence-electron chi connectivity index (χ4n) is 1.56. The lowest BCUT2D eigenvalue weighted by molar-refractivity contribution is 0.0601. The SMILES string of the molecule is COC(=O)c1cc(C#N)cnc1N1CCC1. The summed E-state index contributed by atoms with van der Waals surface area (Å²) < 4.78 is 4.68. The van der Waals surface area contributed by atoms with Gasteiger partial charge in [0.15, 0.2) is 0 Å². The van der Waals surface area contributed by atoms with E-state index in [4.69, 9.17) is 5.26 Å². The third-order valence-corrected chi connectivity index (χ3v) is 2.56. The van der Waals surface area contributed by atoms with E-state index in [0.29, 0.717) is 16.9 Å². The van der Waals surface area contributed by atoms with Gasteiger partial charge in [-0.05, 0) is 12.5 Å². The molecule has 16 heavy (non-hydrogen) atoms. The van der Waals surface area contributed by atoms with Crippen molar-refractivity contribution in [3.05, 3.63) is 23.4 Å². The van der Waals surface area contributed by atoms with Gasteiger partial charge in [0.2, 0.25) is 0 Å². The van der Waals surface area contributed by atoms with Crippen molar-refractivity contribution < 1.29 is 9.53 Å². The first kappa shape index (κ1) is 10.4. The van der Waals surface area contributed by atoms with Gasteiger partial charge in [0, 0.05) is 19.3 Å². The average molecular weight is 217 g/mol. The molecule has 0 unspecified atom stereocenters. The van der Waals surface area contributed by atoms with Crippen LogP contribution in [0.3, 0.4) is 0 Å². The number of anilines is 1. The molecule has 0 bridgehead atoms. The third-order valence-electron chi connectivity index (χ3n) is 2.56. The molecule has 0 atom stereocenters. The second kappa shape index (κ2) is 4.19. The van der Waals surface area contributed by atoms with Crippen molar-refractivity contribution in [3.63, 3.8) is 0 Å². The zero-order valence-electron chi connectivity index (χ0n) is 8.93. The Bertz CT molecular complexity index is 461. The van der Waals surface area contributed by atoms with E-state index in [1.807, 2.05) is 11.0 Å². The van der Waals surface area contributed by atoms with Crippen molar-refractivity contribution >= 4 is 11.8 Å². The van der Waals surface area contributed by atoms with Gasteiger partial charge >= 0.3 is 5.97 Å². The van der Waals surface area contributed by atoms with Crippen LogP contribution < -0.4 is 4.90 Å². The lowest BCUT2D eigenvalue weighted by Gasteiger charge is -2.32. The zero-order valence-corrected chi connectivity index (χ0v) is 8.93. The second-order valence-corrected chi connectivity index (χ2v) is 3.54. The van der Waals surface area contributed by atoms with Crippen LogP contribution in [0.25, 0.3) is 0 Å². The normalized spacial score (nSPS) is 13.9. The number of rotatable bonds is 2. The molecule has 5 nitrogen and oxygen atoms in total. The predicted octanol–water partition coefficient (Wildman–Crippen LogP) is 0.950. The summed E-state index contributed by atoms with van der Waals surface area (Å²) in [5.74, 6) is 0.156. The first-order chi connectivity index (χ1) is 7.76. The molecule has 1 aromatic rings. The first-order valence-corrected chi connectivity index (χ1v) is 4.99. The Balaban J connectivity index is 2.43. The quantitative estimate of drug-likeness (QED) is 0.690. The molecule has 0 saturated carbocycles. The Hall–Kier alpha value is -2.09. The van der Waals surface area contributed by atoms with Gasteiger partial charge in [-0.15, -0.1) is 0 Å². The number of nitriles is 1. The number of ether oxygens (including phenoxy) is 1. The third kappa shape index (κ3) is 1.70. The molecular weight excluding hydrogens is 206 g/mol. The van der Waals surface area contributed by atoms with Crippen LogP contribution in [0.2, 0.25) is 0 Å². The summed E-state index contributed by atoms with van der Waals surface area (Å²) in [6.07, 6.45) is 2.57. The van der Waals surface area contributed by atoms with E-state index in [1.165, 1.54) is 19.4 Å². The summed E-state index contributed by atoms with van der Waals surface area (Å²) in [5, 5.41) is 8.76. The summed E-state index contributed by atoms with van der Waals surface area (Å²) in [6.45, 7) is 1.78. The molecule has 0 aromatic carbocycles. The molecular formula is C11H11N3O2. The molecule has 1 saturated heterocycles. The van der Waals surface area contributed by atoms with Crippen LogP contribution in [-0.4, -0.2) is 31.2 Å². The van der Waals surface area contributed by atoms with Gasteiger partial charge in [-0.2, -0.15) is 5.26 Å². The molecule has 5 heteroatoms. The van der Waals surface area contributed by atoms with Crippen LogP contribution in [-0.2, 0) is 4.74 Å². The van der Waals surface area contributed by atoms with Crippen LogP contribution in [0.1, 0.15) is 22.3 Å². The number of pyridine rings is 1. The smallest absolute Gasteiger partial charge is 0.341 e. The van der Waals surface area contributed by atoms with Crippen molar-refractivity contribution in [2.24, 2.45) is 0 Å².